The standard InChI is InChI=1S/C23H27N5O2S/c29-20-16-19(24-23-28(20)14-15-31-23)17-25-10-12-26(13-11-25)21(18-6-2-1-3-7-18)22(30)27-8-4-5-9-27/h1-3,6-7,14-16,21H,4-5,8-13,17H2/t21-/m1/s1. The lowest BCUT2D eigenvalue weighted by Crippen LogP contribution is -2.51. The van der Waals surface area contributed by atoms with Gasteiger partial charge >= 0.3 is 0 Å². The van der Waals surface area contributed by atoms with Crippen molar-refractivity contribution in [1.82, 2.24) is 24.1 Å². The van der Waals surface area contributed by atoms with E-state index in [4.69, 9.17) is 0 Å². The van der Waals surface area contributed by atoms with Crippen LogP contribution in [0.25, 0.3) is 4.96 Å². The van der Waals surface area contributed by atoms with Crippen molar-refractivity contribution in [3.8, 4) is 0 Å². The minimum absolute atomic E-state index is 0.0276. The number of nitrogens with zero attached hydrogens (tertiary/aromatic N) is 5. The van der Waals surface area contributed by atoms with Gasteiger partial charge in [-0.05, 0) is 18.4 Å². The summed E-state index contributed by atoms with van der Waals surface area (Å²) >= 11 is 1.48. The smallest absolute Gasteiger partial charge is 0.258 e. The molecule has 2 fully saturated rings. The molecule has 0 spiro atoms. The predicted octanol–water partition coefficient (Wildman–Crippen LogP) is 2.24. The molecule has 1 atom stereocenters. The number of rotatable bonds is 5. The zero-order chi connectivity index (χ0) is 21.2. The molecule has 162 valence electrons. The van der Waals surface area contributed by atoms with Crippen LogP contribution in [0.1, 0.15) is 30.1 Å². The molecule has 2 saturated heterocycles. The monoisotopic (exact) mass is 437 g/mol. The van der Waals surface area contributed by atoms with Gasteiger partial charge in [-0.3, -0.25) is 23.8 Å². The molecule has 31 heavy (non-hydrogen) atoms. The van der Waals surface area contributed by atoms with Crippen LogP contribution in [0.4, 0.5) is 0 Å². The molecule has 2 aliphatic rings. The minimum Gasteiger partial charge on any atom is -0.341 e. The molecule has 5 rings (SSSR count). The molecule has 2 aromatic heterocycles. The van der Waals surface area contributed by atoms with Gasteiger partial charge < -0.3 is 4.90 Å². The van der Waals surface area contributed by atoms with Gasteiger partial charge in [-0.2, -0.15) is 0 Å². The Hall–Kier alpha value is -2.55. The number of hydrogen-bond donors (Lipinski definition) is 0. The Bertz CT molecular complexity index is 1100. The fourth-order valence-electron chi connectivity index (χ4n) is 4.63. The summed E-state index contributed by atoms with van der Waals surface area (Å²) in [6, 6.07) is 11.6. The van der Waals surface area contributed by atoms with Crippen LogP contribution >= 0.6 is 11.3 Å². The number of thiazole rings is 1. The first-order valence-electron chi connectivity index (χ1n) is 10.9. The third kappa shape index (κ3) is 4.28. The highest BCUT2D eigenvalue weighted by Gasteiger charge is 2.34. The highest BCUT2D eigenvalue weighted by atomic mass is 32.1. The van der Waals surface area contributed by atoms with Crippen molar-refractivity contribution < 1.29 is 4.79 Å². The number of carbonyl (C=O) groups excluding carboxylic acids is 1. The lowest BCUT2D eigenvalue weighted by molar-refractivity contribution is -0.137. The fraction of sp³-hybridized carbons (Fsp3) is 0.435. The molecular weight excluding hydrogens is 410 g/mol. The zero-order valence-electron chi connectivity index (χ0n) is 17.5. The first-order valence-corrected chi connectivity index (χ1v) is 11.8. The second kappa shape index (κ2) is 8.90. The minimum atomic E-state index is -0.216. The third-order valence-corrected chi connectivity index (χ3v) is 7.04. The van der Waals surface area contributed by atoms with Crippen LogP contribution in [-0.4, -0.2) is 69.3 Å². The fourth-order valence-corrected chi connectivity index (χ4v) is 5.37. The summed E-state index contributed by atoms with van der Waals surface area (Å²) in [5, 5.41) is 1.88. The summed E-state index contributed by atoms with van der Waals surface area (Å²) in [4.78, 5) is 37.7. The normalized spacial score (nSPS) is 19.2. The van der Waals surface area contributed by atoms with Crippen LogP contribution in [0.3, 0.4) is 0 Å². The molecule has 8 heteroatoms. The number of carbonyl (C=O) groups is 1. The molecule has 0 N–H and O–H groups in total. The van der Waals surface area contributed by atoms with Gasteiger partial charge in [-0.15, -0.1) is 11.3 Å². The molecule has 0 bridgehead atoms. The second-order valence-corrected chi connectivity index (χ2v) is 9.17. The Morgan fingerprint density at radius 1 is 1.03 bits per heavy atom. The van der Waals surface area contributed by atoms with E-state index in [1.54, 1.807) is 16.7 Å². The molecular formula is C23H27N5O2S. The molecule has 0 unspecified atom stereocenters. The second-order valence-electron chi connectivity index (χ2n) is 8.30. The van der Waals surface area contributed by atoms with Gasteiger partial charge in [-0.1, -0.05) is 30.3 Å². The quantitative estimate of drug-likeness (QED) is 0.613. The highest BCUT2D eigenvalue weighted by molar-refractivity contribution is 7.15. The largest absolute Gasteiger partial charge is 0.341 e. The number of fused-ring (bicyclic) bond motifs is 1. The summed E-state index contributed by atoms with van der Waals surface area (Å²) in [7, 11) is 0. The van der Waals surface area contributed by atoms with E-state index in [-0.39, 0.29) is 17.5 Å². The van der Waals surface area contributed by atoms with Gasteiger partial charge in [0.05, 0.1) is 5.69 Å². The number of benzene rings is 1. The molecule has 7 nitrogen and oxygen atoms in total. The van der Waals surface area contributed by atoms with Crippen molar-refractivity contribution >= 4 is 22.2 Å². The van der Waals surface area contributed by atoms with Crippen LogP contribution < -0.4 is 5.56 Å². The van der Waals surface area contributed by atoms with Crippen molar-refractivity contribution in [2.75, 3.05) is 39.3 Å². The van der Waals surface area contributed by atoms with Crippen LogP contribution in [-0.2, 0) is 11.3 Å². The Balaban J connectivity index is 1.28. The van der Waals surface area contributed by atoms with E-state index in [1.807, 2.05) is 28.5 Å². The average Bonchev–Trinajstić information content (AvgIpc) is 3.48. The van der Waals surface area contributed by atoms with E-state index >= 15 is 0 Å². The summed E-state index contributed by atoms with van der Waals surface area (Å²) in [6.45, 7) is 5.74. The Morgan fingerprint density at radius 2 is 1.77 bits per heavy atom. The van der Waals surface area contributed by atoms with Gasteiger partial charge in [0.25, 0.3) is 5.56 Å². The molecule has 0 aliphatic carbocycles. The molecule has 0 saturated carbocycles. The lowest BCUT2D eigenvalue weighted by Gasteiger charge is -2.39. The first kappa shape index (κ1) is 20.4. The third-order valence-electron chi connectivity index (χ3n) is 6.28. The van der Waals surface area contributed by atoms with Crippen molar-refractivity contribution in [1.29, 1.82) is 0 Å². The number of piperazine rings is 1. The van der Waals surface area contributed by atoms with Gasteiger partial charge in [-0.25, -0.2) is 4.98 Å². The van der Waals surface area contributed by atoms with Crippen molar-refractivity contribution in [2.24, 2.45) is 0 Å². The van der Waals surface area contributed by atoms with Gasteiger partial charge in [0.2, 0.25) is 5.91 Å². The molecule has 1 aromatic carbocycles. The van der Waals surface area contributed by atoms with Crippen molar-refractivity contribution in [2.45, 2.75) is 25.4 Å². The Morgan fingerprint density at radius 3 is 2.52 bits per heavy atom. The maximum Gasteiger partial charge on any atom is 0.258 e. The Labute approximate surface area is 185 Å². The van der Waals surface area contributed by atoms with E-state index in [1.165, 1.54) is 11.3 Å². The first-order chi connectivity index (χ1) is 15.2. The summed E-state index contributed by atoms with van der Waals surface area (Å²) < 4.78 is 1.58. The van der Waals surface area contributed by atoms with E-state index in [0.717, 1.165) is 68.3 Å². The van der Waals surface area contributed by atoms with Crippen molar-refractivity contribution in [3.63, 3.8) is 0 Å². The lowest BCUT2D eigenvalue weighted by atomic mass is 10.0. The number of aromatic nitrogens is 2. The van der Waals surface area contributed by atoms with E-state index in [2.05, 4.69) is 26.9 Å². The van der Waals surface area contributed by atoms with Gasteiger partial charge in [0.15, 0.2) is 4.96 Å². The van der Waals surface area contributed by atoms with Crippen molar-refractivity contribution in [3.05, 3.63) is 69.6 Å². The van der Waals surface area contributed by atoms with E-state index < -0.39 is 0 Å². The molecule has 0 radical (unpaired) electrons. The molecule has 2 aliphatic heterocycles. The summed E-state index contributed by atoms with van der Waals surface area (Å²) in [5.74, 6) is 0.231. The van der Waals surface area contributed by atoms with Crippen LogP contribution in [0.15, 0.2) is 52.8 Å². The summed E-state index contributed by atoms with van der Waals surface area (Å²) in [6.07, 6.45) is 3.96. The van der Waals surface area contributed by atoms with Crippen LogP contribution in [0.5, 0.6) is 0 Å². The maximum absolute atomic E-state index is 13.4. The number of amides is 1. The SMILES string of the molecule is O=C([C@@H](c1ccccc1)N1CCN(Cc2cc(=O)n3ccsc3n2)CC1)N1CCCC1. The number of likely N-dealkylation sites (tertiary alicyclic amines) is 1. The summed E-state index contributed by atoms with van der Waals surface area (Å²) in [5.41, 5.74) is 1.86. The maximum atomic E-state index is 13.4. The predicted molar refractivity (Wildman–Crippen MR) is 121 cm³/mol. The van der Waals surface area contributed by atoms with Gasteiger partial charge in [0.1, 0.15) is 6.04 Å². The molecule has 4 heterocycles. The van der Waals surface area contributed by atoms with Gasteiger partial charge in [0, 0.05) is 63.5 Å². The molecule has 1 amide bonds. The van der Waals surface area contributed by atoms with E-state index in [9.17, 15) is 9.59 Å². The topological polar surface area (TPSA) is 61.2 Å². The van der Waals surface area contributed by atoms with Crippen LogP contribution in [0.2, 0.25) is 0 Å². The number of hydrogen-bond acceptors (Lipinski definition) is 6. The Kier molecular flexibility index (Phi) is 5.85. The zero-order valence-corrected chi connectivity index (χ0v) is 18.3. The van der Waals surface area contributed by atoms with Crippen LogP contribution in [0, 0.1) is 0 Å². The molecule has 3 aromatic rings. The average molecular weight is 438 g/mol. The van der Waals surface area contributed by atoms with E-state index in [0.29, 0.717) is 6.54 Å². The highest BCUT2D eigenvalue weighted by Crippen LogP contribution is 2.26.